The van der Waals surface area contributed by atoms with Crippen molar-refractivity contribution >= 4 is 17.4 Å². The Labute approximate surface area is 197 Å². The molecule has 1 N–H and O–H groups in total. The Hall–Kier alpha value is -4.52. The molecule has 1 amide bonds. The Morgan fingerprint density at radius 2 is 1.91 bits per heavy atom. The van der Waals surface area contributed by atoms with Gasteiger partial charge in [-0.2, -0.15) is 5.10 Å². The number of anilines is 1. The highest BCUT2D eigenvalue weighted by Crippen LogP contribution is 2.29. The summed E-state index contributed by atoms with van der Waals surface area (Å²) >= 11 is 0. The molecule has 0 spiro atoms. The van der Waals surface area contributed by atoms with Crippen molar-refractivity contribution in [3.8, 4) is 16.9 Å². The minimum absolute atomic E-state index is 0.0623. The van der Waals surface area contributed by atoms with Crippen LogP contribution in [-0.4, -0.2) is 26.5 Å². The van der Waals surface area contributed by atoms with Gasteiger partial charge in [0.1, 0.15) is 12.4 Å². The van der Waals surface area contributed by atoms with Crippen LogP contribution in [-0.2, 0) is 24.9 Å². The van der Waals surface area contributed by atoms with E-state index in [9.17, 15) is 9.59 Å². The van der Waals surface area contributed by atoms with E-state index >= 15 is 0 Å². The number of nitrogens with one attached hydrogen (secondary N) is 1. The smallest absolute Gasteiger partial charge is 0.247 e. The first-order valence-corrected chi connectivity index (χ1v) is 10.7. The van der Waals surface area contributed by atoms with Gasteiger partial charge in [0.25, 0.3) is 0 Å². The summed E-state index contributed by atoms with van der Waals surface area (Å²) in [5, 5.41) is 6.97. The molecule has 0 fully saturated rings. The SMILES string of the molecule is C=CC(=O)Nc1cccc(COc2cc(-c3cnn(C)c3)ccc2C(=O)Cc2cccnc2)c1. The summed E-state index contributed by atoms with van der Waals surface area (Å²) in [6.45, 7) is 3.69. The molecule has 4 rings (SSSR count). The number of nitrogens with zero attached hydrogens (tertiary/aromatic N) is 3. The van der Waals surface area contributed by atoms with Crippen LogP contribution in [0.15, 0.2) is 92.0 Å². The van der Waals surface area contributed by atoms with E-state index in [2.05, 4.69) is 22.0 Å². The van der Waals surface area contributed by atoms with Crippen LogP contribution >= 0.6 is 0 Å². The maximum Gasteiger partial charge on any atom is 0.247 e. The van der Waals surface area contributed by atoms with Crippen LogP contribution < -0.4 is 10.1 Å². The van der Waals surface area contributed by atoms with Gasteiger partial charge in [-0.25, -0.2) is 0 Å². The number of hydrogen-bond donors (Lipinski definition) is 1. The van der Waals surface area contributed by atoms with Crippen molar-refractivity contribution < 1.29 is 14.3 Å². The molecule has 0 unspecified atom stereocenters. The first-order valence-electron chi connectivity index (χ1n) is 10.7. The third-order valence-corrected chi connectivity index (χ3v) is 5.18. The average Bonchev–Trinajstić information content (AvgIpc) is 3.29. The monoisotopic (exact) mass is 452 g/mol. The number of aromatic nitrogens is 3. The van der Waals surface area contributed by atoms with E-state index in [4.69, 9.17) is 4.74 Å². The summed E-state index contributed by atoms with van der Waals surface area (Å²) in [5.74, 6) is 0.133. The lowest BCUT2D eigenvalue weighted by atomic mass is 10.00. The van der Waals surface area contributed by atoms with Gasteiger partial charge < -0.3 is 10.1 Å². The number of pyridine rings is 1. The summed E-state index contributed by atoms with van der Waals surface area (Å²) in [6.07, 6.45) is 8.47. The second kappa shape index (κ2) is 10.4. The first-order chi connectivity index (χ1) is 16.5. The minimum Gasteiger partial charge on any atom is -0.488 e. The van der Waals surface area contributed by atoms with Gasteiger partial charge in [-0.05, 0) is 53.1 Å². The van der Waals surface area contributed by atoms with Crippen molar-refractivity contribution in [2.75, 3.05) is 5.32 Å². The van der Waals surface area contributed by atoms with Crippen molar-refractivity contribution in [2.24, 2.45) is 7.05 Å². The molecule has 0 aliphatic carbocycles. The normalized spacial score (nSPS) is 10.5. The maximum absolute atomic E-state index is 13.1. The van der Waals surface area contributed by atoms with E-state index in [0.717, 1.165) is 22.3 Å². The van der Waals surface area contributed by atoms with Gasteiger partial charge in [0.15, 0.2) is 5.78 Å². The topological polar surface area (TPSA) is 86.1 Å². The van der Waals surface area contributed by atoms with Crippen LogP contribution in [0.5, 0.6) is 5.75 Å². The predicted molar refractivity (Wildman–Crippen MR) is 131 cm³/mol. The van der Waals surface area contributed by atoms with Crippen molar-refractivity contribution in [1.82, 2.24) is 14.8 Å². The molecule has 0 saturated carbocycles. The van der Waals surface area contributed by atoms with Crippen molar-refractivity contribution in [2.45, 2.75) is 13.0 Å². The number of amides is 1. The number of aryl methyl sites for hydroxylation is 1. The average molecular weight is 453 g/mol. The number of benzene rings is 2. The zero-order chi connectivity index (χ0) is 23.9. The molecule has 2 aromatic heterocycles. The van der Waals surface area contributed by atoms with E-state index in [1.807, 2.05) is 55.7 Å². The molecule has 0 aliphatic rings. The lowest BCUT2D eigenvalue weighted by Gasteiger charge is -2.13. The molecule has 4 aromatic rings. The first kappa shape index (κ1) is 22.7. The summed E-state index contributed by atoms with van der Waals surface area (Å²) in [6, 6.07) is 16.6. The van der Waals surface area contributed by atoms with Gasteiger partial charge in [0.05, 0.1) is 11.8 Å². The van der Waals surface area contributed by atoms with Gasteiger partial charge in [-0.15, -0.1) is 0 Å². The van der Waals surface area contributed by atoms with E-state index in [1.165, 1.54) is 6.08 Å². The van der Waals surface area contributed by atoms with Crippen LogP contribution in [0.25, 0.3) is 11.1 Å². The summed E-state index contributed by atoms with van der Waals surface area (Å²) < 4.78 is 7.86. The number of carbonyl (C=O) groups is 2. The molecule has 0 bridgehead atoms. The standard InChI is InChI=1S/C27H24N4O3/c1-3-27(33)30-23-8-4-6-20(12-23)18-34-26-14-21(22-16-29-31(2)17-22)9-10-24(26)25(32)13-19-7-5-11-28-15-19/h3-12,14-17H,1,13,18H2,2H3,(H,30,33). The van der Waals surface area contributed by atoms with Crippen LogP contribution in [0.1, 0.15) is 21.5 Å². The summed E-state index contributed by atoms with van der Waals surface area (Å²) in [5.41, 5.74) is 4.64. The fourth-order valence-electron chi connectivity index (χ4n) is 3.50. The quantitative estimate of drug-likeness (QED) is 0.296. The van der Waals surface area contributed by atoms with E-state index < -0.39 is 0 Å². The Balaban J connectivity index is 1.60. The third-order valence-electron chi connectivity index (χ3n) is 5.18. The second-order valence-electron chi connectivity index (χ2n) is 7.76. The highest BCUT2D eigenvalue weighted by Gasteiger charge is 2.16. The van der Waals surface area contributed by atoms with E-state index in [-0.39, 0.29) is 24.7 Å². The number of Topliss-reactive ketones (excluding diaryl/α,β-unsaturated/α-hetero) is 1. The number of ketones is 1. The van der Waals surface area contributed by atoms with Gasteiger partial charge in [0.2, 0.25) is 5.91 Å². The Kier molecular flexibility index (Phi) is 6.93. The third kappa shape index (κ3) is 5.63. The fourth-order valence-corrected chi connectivity index (χ4v) is 3.50. The van der Waals surface area contributed by atoms with Crippen LogP contribution in [0.3, 0.4) is 0 Å². The minimum atomic E-state index is -0.287. The summed E-state index contributed by atoms with van der Waals surface area (Å²) in [4.78, 5) is 28.8. The van der Waals surface area contributed by atoms with Crippen molar-refractivity contribution in [3.63, 3.8) is 0 Å². The predicted octanol–water partition coefficient (Wildman–Crippen LogP) is 4.61. The van der Waals surface area contributed by atoms with E-state index in [0.29, 0.717) is 17.0 Å². The molecule has 7 heteroatoms. The van der Waals surface area contributed by atoms with Gasteiger partial charge in [-0.1, -0.05) is 30.8 Å². The fraction of sp³-hybridized carbons (Fsp3) is 0.111. The molecule has 2 heterocycles. The lowest BCUT2D eigenvalue weighted by Crippen LogP contribution is -2.09. The zero-order valence-electron chi connectivity index (χ0n) is 18.8. The Bertz CT molecular complexity index is 1330. The number of hydrogen-bond acceptors (Lipinski definition) is 5. The molecule has 34 heavy (non-hydrogen) atoms. The molecular formula is C27H24N4O3. The molecule has 0 aliphatic heterocycles. The van der Waals surface area contributed by atoms with Gasteiger partial charge >= 0.3 is 0 Å². The highest BCUT2D eigenvalue weighted by molar-refractivity contribution is 6.00. The number of carbonyl (C=O) groups excluding carboxylic acids is 2. The van der Waals surface area contributed by atoms with Crippen LogP contribution in [0.2, 0.25) is 0 Å². The lowest BCUT2D eigenvalue weighted by molar-refractivity contribution is -0.111. The highest BCUT2D eigenvalue weighted by atomic mass is 16.5. The largest absolute Gasteiger partial charge is 0.488 e. The summed E-state index contributed by atoms with van der Waals surface area (Å²) in [7, 11) is 1.85. The van der Waals surface area contributed by atoms with Gasteiger partial charge in [0, 0.05) is 43.3 Å². The molecule has 0 radical (unpaired) electrons. The molecule has 2 aromatic carbocycles. The van der Waals surface area contributed by atoms with Crippen LogP contribution in [0.4, 0.5) is 5.69 Å². The molecule has 0 atom stereocenters. The second-order valence-corrected chi connectivity index (χ2v) is 7.76. The Morgan fingerprint density at radius 3 is 2.65 bits per heavy atom. The van der Waals surface area contributed by atoms with E-state index in [1.54, 1.807) is 35.4 Å². The zero-order valence-corrected chi connectivity index (χ0v) is 18.8. The van der Waals surface area contributed by atoms with Crippen LogP contribution in [0, 0.1) is 0 Å². The van der Waals surface area contributed by atoms with Crippen molar-refractivity contribution in [1.29, 1.82) is 0 Å². The number of rotatable bonds is 9. The molecular weight excluding hydrogens is 428 g/mol. The maximum atomic E-state index is 13.1. The molecule has 170 valence electrons. The molecule has 7 nitrogen and oxygen atoms in total. The molecule has 0 saturated heterocycles. The Morgan fingerprint density at radius 1 is 1.06 bits per heavy atom. The van der Waals surface area contributed by atoms with Gasteiger partial charge in [-0.3, -0.25) is 19.3 Å². The number of ether oxygens (including phenoxy) is 1. The van der Waals surface area contributed by atoms with Crippen molar-refractivity contribution in [3.05, 3.63) is 109 Å².